The summed E-state index contributed by atoms with van der Waals surface area (Å²) in [5.41, 5.74) is 0.0740. The summed E-state index contributed by atoms with van der Waals surface area (Å²) in [6, 6.07) is 11.5. The molecule has 6 heteroatoms. The van der Waals surface area contributed by atoms with E-state index in [0.717, 1.165) is 12.1 Å². The van der Waals surface area contributed by atoms with Gasteiger partial charge in [-0.3, -0.25) is 0 Å². The molecule has 0 radical (unpaired) electrons. The van der Waals surface area contributed by atoms with Crippen molar-refractivity contribution in [3.63, 3.8) is 0 Å². The highest BCUT2D eigenvalue weighted by Gasteiger charge is 2.30. The number of nitriles is 1. The third-order valence-corrected chi connectivity index (χ3v) is 2.94. The number of halogens is 3. The molecule has 0 unspecified atom stereocenters. The lowest BCUT2D eigenvalue weighted by Gasteiger charge is -2.12. The van der Waals surface area contributed by atoms with Crippen LogP contribution in [0.3, 0.4) is 0 Å². The van der Waals surface area contributed by atoms with Crippen LogP contribution in [0.25, 0.3) is 0 Å². The molecule has 2 aromatic rings. The lowest BCUT2D eigenvalue weighted by Crippen LogP contribution is -2.06. The van der Waals surface area contributed by atoms with E-state index in [1.54, 1.807) is 18.2 Å². The minimum Gasteiger partial charge on any atom is -0.493 e. The fourth-order valence-corrected chi connectivity index (χ4v) is 1.85. The molecule has 2 aromatic carbocycles. The molecule has 0 saturated carbocycles. The van der Waals surface area contributed by atoms with Gasteiger partial charge in [0.2, 0.25) is 0 Å². The lowest BCUT2D eigenvalue weighted by atomic mass is 10.1. The molecule has 0 aliphatic carbocycles. The summed E-state index contributed by atoms with van der Waals surface area (Å²) in [4.78, 5) is 0. The number of alkyl halides is 3. The topological polar surface area (TPSA) is 42.2 Å². The minimum absolute atomic E-state index is 0.0355. The highest BCUT2D eigenvalue weighted by Crippen LogP contribution is 2.31. The van der Waals surface area contributed by atoms with E-state index in [4.69, 9.17) is 14.7 Å². The second kappa shape index (κ2) is 6.39. The maximum absolute atomic E-state index is 12.6. The van der Waals surface area contributed by atoms with Crippen LogP contribution in [0, 0.1) is 11.3 Å². The van der Waals surface area contributed by atoms with Gasteiger partial charge in [0.25, 0.3) is 0 Å². The molecule has 0 N–H and O–H groups in total. The van der Waals surface area contributed by atoms with E-state index in [0.29, 0.717) is 22.6 Å². The maximum atomic E-state index is 12.6. The molecule has 3 nitrogen and oxygen atoms in total. The Hall–Kier alpha value is -2.68. The second-order valence-corrected chi connectivity index (χ2v) is 4.46. The van der Waals surface area contributed by atoms with E-state index < -0.39 is 11.7 Å². The van der Waals surface area contributed by atoms with Gasteiger partial charge in [0.1, 0.15) is 6.61 Å². The van der Waals surface area contributed by atoms with Crippen molar-refractivity contribution in [2.75, 3.05) is 7.11 Å². The van der Waals surface area contributed by atoms with Crippen molar-refractivity contribution in [2.45, 2.75) is 12.8 Å². The first kappa shape index (κ1) is 15.7. The first-order valence-electron chi connectivity index (χ1n) is 6.31. The summed E-state index contributed by atoms with van der Waals surface area (Å²) in [7, 11) is 1.42. The summed E-state index contributed by atoms with van der Waals surface area (Å²) in [6.45, 7) is -0.0355. The first-order chi connectivity index (χ1) is 10.4. The zero-order chi connectivity index (χ0) is 16.2. The summed E-state index contributed by atoms with van der Waals surface area (Å²) in [5, 5.41) is 8.81. The number of ether oxygens (including phenoxy) is 2. The number of hydrogen-bond donors (Lipinski definition) is 0. The van der Waals surface area contributed by atoms with E-state index >= 15 is 0 Å². The molecule has 0 bridgehead atoms. The first-order valence-corrected chi connectivity index (χ1v) is 6.31. The summed E-state index contributed by atoms with van der Waals surface area (Å²) in [5.74, 6) is 0.713. The molecule has 0 amide bonds. The Kier molecular flexibility index (Phi) is 4.56. The van der Waals surface area contributed by atoms with Crippen LogP contribution in [0.2, 0.25) is 0 Å². The SMILES string of the molecule is COc1cc(C#N)ccc1OCc1cccc(C(F)(F)F)c1. The van der Waals surface area contributed by atoms with Crippen molar-refractivity contribution >= 4 is 0 Å². The molecular weight excluding hydrogens is 295 g/mol. The van der Waals surface area contributed by atoms with Crippen LogP contribution in [0.5, 0.6) is 11.5 Å². The molecule has 2 rings (SSSR count). The van der Waals surface area contributed by atoms with E-state index in [1.165, 1.54) is 19.2 Å². The zero-order valence-corrected chi connectivity index (χ0v) is 11.6. The zero-order valence-electron chi connectivity index (χ0n) is 11.6. The Bertz CT molecular complexity index is 705. The lowest BCUT2D eigenvalue weighted by molar-refractivity contribution is -0.137. The minimum atomic E-state index is -4.39. The smallest absolute Gasteiger partial charge is 0.416 e. The Morgan fingerprint density at radius 3 is 2.50 bits per heavy atom. The number of methoxy groups -OCH3 is 1. The Morgan fingerprint density at radius 1 is 1.09 bits per heavy atom. The molecule has 0 aliphatic rings. The Morgan fingerprint density at radius 2 is 1.86 bits per heavy atom. The number of benzene rings is 2. The average Bonchev–Trinajstić information content (AvgIpc) is 2.52. The molecule has 0 spiro atoms. The fourth-order valence-electron chi connectivity index (χ4n) is 1.85. The largest absolute Gasteiger partial charge is 0.493 e. The third-order valence-electron chi connectivity index (χ3n) is 2.94. The maximum Gasteiger partial charge on any atom is 0.416 e. The van der Waals surface area contributed by atoms with Gasteiger partial charge in [-0.2, -0.15) is 18.4 Å². The van der Waals surface area contributed by atoms with E-state index in [-0.39, 0.29) is 6.61 Å². The Labute approximate surface area is 125 Å². The van der Waals surface area contributed by atoms with Crippen LogP contribution in [0.1, 0.15) is 16.7 Å². The van der Waals surface area contributed by atoms with E-state index in [1.807, 2.05) is 6.07 Å². The van der Waals surface area contributed by atoms with Crippen molar-refractivity contribution in [1.82, 2.24) is 0 Å². The van der Waals surface area contributed by atoms with Crippen molar-refractivity contribution in [3.8, 4) is 17.6 Å². The molecule has 0 aromatic heterocycles. The molecule has 0 atom stereocenters. The number of hydrogen-bond acceptors (Lipinski definition) is 3. The predicted octanol–water partition coefficient (Wildman–Crippen LogP) is 4.16. The van der Waals surface area contributed by atoms with Crippen molar-refractivity contribution in [2.24, 2.45) is 0 Å². The highest BCUT2D eigenvalue weighted by molar-refractivity contribution is 5.46. The Balaban J connectivity index is 2.15. The van der Waals surface area contributed by atoms with Gasteiger partial charge in [-0.25, -0.2) is 0 Å². The molecular formula is C16H12F3NO2. The average molecular weight is 307 g/mol. The van der Waals surface area contributed by atoms with Crippen LogP contribution in [0.15, 0.2) is 42.5 Å². The van der Waals surface area contributed by atoms with Crippen LogP contribution < -0.4 is 9.47 Å². The van der Waals surface area contributed by atoms with Gasteiger partial charge in [-0.1, -0.05) is 12.1 Å². The van der Waals surface area contributed by atoms with Gasteiger partial charge in [0, 0.05) is 6.07 Å². The van der Waals surface area contributed by atoms with Gasteiger partial charge in [-0.15, -0.1) is 0 Å². The van der Waals surface area contributed by atoms with Gasteiger partial charge in [0.05, 0.1) is 24.3 Å². The van der Waals surface area contributed by atoms with Crippen molar-refractivity contribution in [1.29, 1.82) is 5.26 Å². The third kappa shape index (κ3) is 3.70. The highest BCUT2D eigenvalue weighted by atomic mass is 19.4. The molecule has 0 fully saturated rings. The number of rotatable bonds is 4. The van der Waals surface area contributed by atoms with Crippen LogP contribution in [-0.2, 0) is 12.8 Å². The van der Waals surface area contributed by atoms with Gasteiger partial charge >= 0.3 is 6.18 Å². The quantitative estimate of drug-likeness (QED) is 0.851. The predicted molar refractivity (Wildman–Crippen MR) is 73.5 cm³/mol. The molecule has 114 valence electrons. The molecule has 22 heavy (non-hydrogen) atoms. The molecule has 0 aliphatic heterocycles. The second-order valence-electron chi connectivity index (χ2n) is 4.46. The van der Waals surface area contributed by atoms with Gasteiger partial charge < -0.3 is 9.47 Å². The van der Waals surface area contributed by atoms with Gasteiger partial charge in [0.15, 0.2) is 11.5 Å². The van der Waals surface area contributed by atoms with Crippen LogP contribution in [0.4, 0.5) is 13.2 Å². The summed E-state index contributed by atoms with van der Waals surface area (Å²) in [6.07, 6.45) is -4.39. The molecule has 0 heterocycles. The number of nitrogens with zero attached hydrogens (tertiary/aromatic N) is 1. The van der Waals surface area contributed by atoms with Crippen molar-refractivity contribution < 1.29 is 22.6 Å². The van der Waals surface area contributed by atoms with Crippen LogP contribution in [-0.4, -0.2) is 7.11 Å². The molecule has 0 saturated heterocycles. The van der Waals surface area contributed by atoms with Crippen molar-refractivity contribution in [3.05, 3.63) is 59.2 Å². The standard InChI is InChI=1S/C16H12F3NO2/c1-21-15-8-11(9-20)5-6-14(15)22-10-12-3-2-4-13(7-12)16(17,18)19/h2-8H,10H2,1H3. The monoisotopic (exact) mass is 307 g/mol. The summed E-state index contributed by atoms with van der Waals surface area (Å²) < 4.78 is 48.5. The van der Waals surface area contributed by atoms with E-state index in [9.17, 15) is 13.2 Å². The fraction of sp³-hybridized carbons (Fsp3) is 0.188. The van der Waals surface area contributed by atoms with E-state index in [2.05, 4.69) is 0 Å². The summed E-state index contributed by atoms with van der Waals surface area (Å²) >= 11 is 0. The normalized spacial score (nSPS) is 10.9. The van der Waals surface area contributed by atoms with Gasteiger partial charge in [-0.05, 0) is 29.8 Å². The van der Waals surface area contributed by atoms with Crippen LogP contribution >= 0.6 is 0 Å².